The topological polar surface area (TPSA) is 54.5 Å². The molecule has 0 heterocycles. The molecule has 0 atom stereocenters. The van der Waals surface area contributed by atoms with Crippen molar-refractivity contribution in [2.45, 2.75) is 38.1 Å². The average molecular weight is 322 g/mol. The van der Waals surface area contributed by atoms with Crippen LogP contribution < -0.4 is 0 Å². The van der Waals surface area contributed by atoms with E-state index in [2.05, 4.69) is 0 Å². The van der Waals surface area contributed by atoms with Crippen molar-refractivity contribution < 1.29 is 17.6 Å². The van der Waals surface area contributed by atoms with Gasteiger partial charge in [0.05, 0.1) is 10.5 Å². The molecular weight excluding hydrogens is 305 g/mol. The van der Waals surface area contributed by atoms with E-state index in [-0.39, 0.29) is 16.5 Å². The summed E-state index contributed by atoms with van der Waals surface area (Å²) < 4.78 is 36.2. The number of nitrogens with zero attached hydrogens (tertiary/aromatic N) is 1. The Morgan fingerprint density at radius 3 is 2.40 bits per heavy atom. The van der Waals surface area contributed by atoms with Crippen molar-refractivity contribution in [2.75, 3.05) is 6.54 Å². The molecule has 0 aliphatic carbocycles. The third-order valence-electron chi connectivity index (χ3n) is 2.80. The summed E-state index contributed by atoms with van der Waals surface area (Å²) in [5, 5.41) is 0. The molecule has 0 radical (unpaired) electrons. The molecule has 0 unspecified atom stereocenters. The van der Waals surface area contributed by atoms with Crippen LogP contribution in [0, 0.1) is 5.82 Å². The fourth-order valence-corrected chi connectivity index (χ4v) is 2.57. The molecule has 0 N–H and O–H groups in total. The summed E-state index contributed by atoms with van der Waals surface area (Å²) in [4.78, 5) is 13.4. The Labute approximate surface area is 123 Å². The molecule has 0 aliphatic rings. The highest BCUT2D eigenvalue weighted by atomic mass is 35.7. The molecule has 7 heteroatoms. The maximum atomic E-state index is 13.9. The summed E-state index contributed by atoms with van der Waals surface area (Å²) in [6.07, 6.45) is 0.750. The van der Waals surface area contributed by atoms with Crippen molar-refractivity contribution >= 4 is 25.6 Å². The van der Waals surface area contributed by atoms with Crippen LogP contribution in [-0.2, 0) is 9.05 Å². The minimum absolute atomic E-state index is 0.0710. The van der Waals surface area contributed by atoms with Crippen LogP contribution in [0.5, 0.6) is 0 Å². The molecular formula is C13H17ClFNO3S. The van der Waals surface area contributed by atoms with Crippen LogP contribution in [0.3, 0.4) is 0 Å². The van der Waals surface area contributed by atoms with E-state index in [1.54, 1.807) is 0 Å². The van der Waals surface area contributed by atoms with Gasteiger partial charge in [0.2, 0.25) is 0 Å². The monoisotopic (exact) mass is 321 g/mol. The van der Waals surface area contributed by atoms with Gasteiger partial charge in [-0.2, -0.15) is 0 Å². The maximum absolute atomic E-state index is 13.9. The normalized spacial score (nSPS) is 11.7. The summed E-state index contributed by atoms with van der Waals surface area (Å²) >= 11 is 0. The number of amides is 1. The molecule has 0 fully saturated rings. The van der Waals surface area contributed by atoms with Crippen molar-refractivity contribution in [2.24, 2.45) is 0 Å². The van der Waals surface area contributed by atoms with Crippen molar-refractivity contribution in [3.8, 4) is 0 Å². The minimum Gasteiger partial charge on any atom is -0.336 e. The third kappa shape index (κ3) is 3.93. The Bertz CT molecular complexity index is 602. The summed E-state index contributed by atoms with van der Waals surface area (Å²) in [6, 6.07) is 2.97. The Morgan fingerprint density at radius 2 is 2.00 bits per heavy atom. The Morgan fingerprint density at radius 1 is 1.40 bits per heavy atom. The second kappa shape index (κ2) is 6.54. The van der Waals surface area contributed by atoms with Crippen LogP contribution >= 0.6 is 10.7 Å². The first-order chi connectivity index (χ1) is 9.18. The molecule has 1 aromatic rings. The van der Waals surface area contributed by atoms with Gasteiger partial charge in [0.1, 0.15) is 5.82 Å². The molecule has 1 aromatic carbocycles. The van der Waals surface area contributed by atoms with Crippen molar-refractivity contribution in [3.05, 3.63) is 29.6 Å². The Hall–Kier alpha value is -1.14. The van der Waals surface area contributed by atoms with Crippen LogP contribution in [0.4, 0.5) is 4.39 Å². The van der Waals surface area contributed by atoms with Crippen molar-refractivity contribution in [1.29, 1.82) is 0 Å². The average Bonchev–Trinajstić information content (AvgIpc) is 2.33. The molecule has 112 valence electrons. The second-order valence-electron chi connectivity index (χ2n) is 4.67. The zero-order chi connectivity index (χ0) is 15.5. The fraction of sp³-hybridized carbons (Fsp3) is 0.462. The zero-order valence-corrected chi connectivity index (χ0v) is 13.1. The van der Waals surface area contributed by atoms with E-state index in [0.29, 0.717) is 6.54 Å². The molecule has 4 nitrogen and oxygen atoms in total. The van der Waals surface area contributed by atoms with Gasteiger partial charge in [-0.1, -0.05) is 6.92 Å². The van der Waals surface area contributed by atoms with Gasteiger partial charge in [0, 0.05) is 23.3 Å². The third-order valence-corrected chi connectivity index (χ3v) is 4.15. The minimum atomic E-state index is -4.01. The van der Waals surface area contributed by atoms with Gasteiger partial charge in [-0.05, 0) is 38.5 Å². The number of carbonyl (C=O) groups excluding carboxylic acids is 1. The lowest BCUT2D eigenvalue weighted by atomic mass is 10.1. The summed E-state index contributed by atoms with van der Waals surface area (Å²) in [7, 11) is 1.13. The summed E-state index contributed by atoms with van der Waals surface area (Å²) in [5.74, 6) is -1.35. The van der Waals surface area contributed by atoms with Gasteiger partial charge >= 0.3 is 0 Å². The van der Waals surface area contributed by atoms with Gasteiger partial charge in [0.15, 0.2) is 0 Å². The zero-order valence-electron chi connectivity index (χ0n) is 11.6. The number of benzene rings is 1. The molecule has 0 saturated heterocycles. The molecule has 0 bridgehead atoms. The van der Waals surface area contributed by atoms with Gasteiger partial charge in [0.25, 0.3) is 15.0 Å². The number of carbonyl (C=O) groups is 1. The number of hydrogen-bond donors (Lipinski definition) is 0. The smallest absolute Gasteiger partial charge is 0.261 e. The van der Waals surface area contributed by atoms with E-state index < -0.39 is 20.8 Å². The highest BCUT2D eigenvalue weighted by molar-refractivity contribution is 8.13. The summed E-state index contributed by atoms with van der Waals surface area (Å²) in [6.45, 7) is 6.10. The van der Waals surface area contributed by atoms with E-state index in [4.69, 9.17) is 10.7 Å². The van der Waals surface area contributed by atoms with Crippen LogP contribution in [0.2, 0.25) is 0 Å². The highest BCUT2D eigenvalue weighted by Gasteiger charge is 2.22. The molecule has 20 heavy (non-hydrogen) atoms. The maximum Gasteiger partial charge on any atom is 0.261 e. The molecule has 0 aliphatic heterocycles. The first-order valence-electron chi connectivity index (χ1n) is 6.23. The predicted octanol–water partition coefficient (Wildman–Crippen LogP) is 3.01. The molecule has 0 saturated carbocycles. The largest absolute Gasteiger partial charge is 0.336 e. The molecule has 0 aromatic heterocycles. The van der Waals surface area contributed by atoms with E-state index in [9.17, 15) is 17.6 Å². The number of halogens is 2. The molecule has 1 rings (SSSR count). The van der Waals surface area contributed by atoms with E-state index >= 15 is 0 Å². The van der Waals surface area contributed by atoms with Crippen LogP contribution in [-0.4, -0.2) is 31.8 Å². The fourth-order valence-electron chi connectivity index (χ4n) is 1.81. The van der Waals surface area contributed by atoms with Gasteiger partial charge in [-0.25, -0.2) is 12.8 Å². The van der Waals surface area contributed by atoms with Crippen LogP contribution in [0.15, 0.2) is 23.1 Å². The second-order valence-corrected chi connectivity index (χ2v) is 7.24. The van der Waals surface area contributed by atoms with Crippen molar-refractivity contribution in [1.82, 2.24) is 4.90 Å². The van der Waals surface area contributed by atoms with Gasteiger partial charge in [-0.3, -0.25) is 4.79 Å². The lowest BCUT2D eigenvalue weighted by molar-refractivity contribution is 0.0701. The quantitative estimate of drug-likeness (QED) is 0.783. The predicted molar refractivity (Wildman–Crippen MR) is 75.9 cm³/mol. The Balaban J connectivity index is 3.17. The number of rotatable bonds is 5. The van der Waals surface area contributed by atoms with Gasteiger partial charge < -0.3 is 4.90 Å². The first kappa shape index (κ1) is 16.9. The highest BCUT2D eigenvalue weighted by Crippen LogP contribution is 2.20. The van der Waals surface area contributed by atoms with Crippen molar-refractivity contribution in [3.63, 3.8) is 0 Å². The lowest BCUT2D eigenvalue weighted by Crippen LogP contribution is -2.38. The first-order valence-corrected chi connectivity index (χ1v) is 8.54. The van der Waals surface area contributed by atoms with Gasteiger partial charge in [-0.15, -0.1) is 0 Å². The Kier molecular flexibility index (Phi) is 5.53. The SMILES string of the molecule is CCCN(C(=O)c1ccc(S(=O)(=O)Cl)cc1F)C(C)C. The van der Waals surface area contributed by atoms with Crippen LogP contribution in [0.1, 0.15) is 37.6 Å². The lowest BCUT2D eigenvalue weighted by Gasteiger charge is -2.26. The van der Waals surface area contributed by atoms with E-state index in [1.165, 1.54) is 4.90 Å². The standard InChI is InChI=1S/C13H17ClFNO3S/c1-4-7-16(9(2)3)13(17)11-6-5-10(8-12(11)15)20(14,18)19/h5-6,8-9H,4,7H2,1-3H3. The number of hydrogen-bond acceptors (Lipinski definition) is 3. The van der Waals surface area contributed by atoms with E-state index in [1.807, 2.05) is 20.8 Å². The van der Waals surface area contributed by atoms with E-state index in [0.717, 1.165) is 24.6 Å². The summed E-state index contributed by atoms with van der Waals surface area (Å²) in [5.41, 5.74) is -0.156. The molecule has 0 spiro atoms. The van der Waals surface area contributed by atoms with Crippen LogP contribution in [0.25, 0.3) is 0 Å². The molecule has 1 amide bonds.